The zero-order valence-corrected chi connectivity index (χ0v) is 16.7. The van der Waals surface area contributed by atoms with E-state index in [1.807, 2.05) is 50.2 Å². The number of likely N-dealkylation sites (N-methyl/N-ethyl adjacent to an activating group) is 1. The molecular weight excluding hydrogens is 376 g/mol. The molecule has 0 saturated heterocycles. The van der Waals surface area contributed by atoms with Gasteiger partial charge in [0.25, 0.3) is 11.1 Å². The van der Waals surface area contributed by atoms with Crippen molar-refractivity contribution in [2.75, 3.05) is 19.7 Å². The Labute approximate surface area is 167 Å². The molecule has 0 aliphatic heterocycles. The molecule has 146 valence electrons. The molecule has 0 radical (unpaired) electrons. The van der Waals surface area contributed by atoms with Gasteiger partial charge in [0.15, 0.2) is 12.2 Å². The Bertz CT molecular complexity index is 933. The maximum atomic E-state index is 12.5. The van der Waals surface area contributed by atoms with Crippen molar-refractivity contribution in [1.29, 1.82) is 0 Å². The third-order valence-corrected chi connectivity index (χ3v) is 5.18. The summed E-state index contributed by atoms with van der Waals surface area (Å²) in [5, 5.41) is 0.543. The van der Waals surface area contributed by atoms with Crippen LogP contribution in [-0.4, -0.2) is 41.5 Å². The van der Waals surface area contributed by atoms with Crippen molar-refractivity contribution in [3.8, 4) is 0 Å². The van der Waals surface area contributed by atoms with Gasteiger partial charge in [-0.05, 0) is 37.6 Å². The molecule has 2 aromatic carbocycles. The molecule has 0 aliphatic rings. The summed E-state index contributed by atoms with van der Waals surface area (Å²) in [6.07, 6.45) is 0. The minimum atomic E-state index is -0.505. The Hall–Kier alpha value is -2.80. The maximum Gasteiger partial charge on any atom is 0.338 e. The van der Waals surface area contributed by atoms with Crippen LogP contribution in [0, 0.1) is 0 Å². The van der Waals surface area contributed by atoms with Gasteiger partial charge in [-0.15, -0.1) is 0 Å². The minimum Gasteiger partial charge on any atom is -0.452 e. The van der Waals surface area contributed by atoms with E-state index >= 15 is 0 Å². The molecule has 1 amide bonds. The smallest absolute Gasteiger partial charge is 0.338 e. The van der Waals surface area contributed by atoms with Crippen molar-refractivity contribution >= 4 is 34.7 Å². The van der Waals surface area contributed by atoms with E-state index in [0.717, 1.165) is 16.7 Å². The van der Waals surface area contributed by atoms with E-state index in [1.54, 1.807) is 17.0 Å². The highest BCUT2D eigenvalue weighted by atomic mass is 32.2. The minimum absolute atomic E-state index is 0.198. The number of carbonyl (C=O) groups is 2. The Morgan fingerprint density at radius 1 is 1.07 bits per heavy atom. The van der Waals surface area contributed by atoms with Gasteiger partial charge in [0.2, 0.25) is 0 Å². The summed E-state index contributed by atoms with van der Waals surface area (Å²) < 4.78 is 10.9. The lowest BCUT2D eigenvalue weighted by Crippen LogP contribution is -2.34. The molecule has 0 bridgehead atoms. The standard InChI is InChI=1S/C21H22N2O4S/c1-3-23(4-2)19(24)13-26-20(25)16-10-6-5-9-15(16)14-28-21-22-17-11-7-8-12-18(17)27-21/h5-12H,3-4,13-14H2,1-2H3. The summed E-state index contributed by atoms with van der Waals surface area (Å²) in [7, 11) is 0. The number of esters is 1. The molecule has 0 unspecified atom stereocenters. The van der Waals surface area contributed by atoms with Gasteiger partial charge in [-0.2, -0.15) is 0 Å². The predicted molar refractivity (Wildman–Crippen MR) is 108 cm³/mol. The summed E-state index contributed by atoms with van der Waals surface area (Å²) in [4.78, 5) is 30.6. The Morgan fingerprint density at radius 2 is 1.79 bits per heavy atom. The summed E-state index contributed by atoms with van der Waals surface area (Å²) in [5.41, 5.74) is 2.77. The Morgan fingerprint density at radius 3 is 2.54 bits per heavy atom. The number of hydrogen-bond donors (Lipinski definition) is 0. The summed E-state index contributed by atoms with van der Waals surface area (Å²) in [6, 6.07) is 14.8. The van der Waals surface area contributed by atoms with Gasteiger partial charge >= 0.3 is 5.97 Å². The van der Waals surface area contributed by atoms with Gasteiger partial charge in [0.1, 0.15) is 5.52 Å². The third kappa shape index (κ3) is 4.72. The SMILES string of the molecule is CCN(CC)C(=O)COC(=O)c1ccccc1CSc1nc2ccccc2o1. The third-order valence-electron chi connectivity index (χ3n) is 4.31. The van der Waals surface area contributed by atoms with E-state index in [4.69, 9.17) is 9.15 Å². The topological polar surface area (TPSA) is 72.6 Å². The molecule has 0 N–H and O–H groups in total. The lowest BCUT2D eigenvalue weighted by molar-refractivity contribution is -0.134. The molecule has 0 spiro atoms. The molecule has 1 aromatic heterocycles. The number of amides is 1. The number of oxazole rings is 1. The quantitative estimate of drug-likeness (QED) is 0.419. The number of carbonyl (C=O) groups excluding carboxylic acids is 2. The number of para-hydroxylation sites is 2. The maximum absolute atomic E-state index is 12.5. The van der Waals surface area contributed by atoms with Crippen LogP contribution in [0.25, 0.3) is 11.1 Å². The molecule has 0 saturated carbocycles. The molecule has 0 atom stereocenters. The van der Waals surface area contributed by atoms with Crippen molar-refractivity contribution in [2.45, 2.75) is 24.8 Å². The molecule has 3 aromatic rings. The highest BCUT2D eigenvalue weighted by Crippen LogP contribution is 2.27. The largest absolute Gasteiger partial charge is 0.452 e. The zero-order chi connectivity index (χ0) is 19.9. The number of fused-ring (bicyclic) bond motifs is 1. The average molecular weight is 398 g/mol. The number of rotatable bonds is 8. The molecule has 28 heavy (non-hydrogen) atoms. The van der Waals surface area contributed by atoms with Gasteiger partial charge < -0.3 is 14.1 Å². The fourth-order valence-electron chi connectivity index (χ4n) is 2.77. The number of benzene rings is 2. The second kappa shape index (κ2) is 9.41. The van der Waals surface area contributed by atoms with Crippen LogP contribution in [0.15, 0.2) is 58.2 Å². The normalized spacial score (nSPS) is 10.8. The van der Waals surface area contributed by atoms with Crippen molar-refractivity contribution in [2.24, 2.45) is 0 Å². The Kier molecular flexibility index (Phi) is 6.71. The van der Waals surface area contributed by atoms with Gasteiger partial charge in [-0.1, -0.05) is 42.1 Å². The highest BCUT2D eigenvalue weighted by molar-refractivity contribution is 7.98. The van der Waals surface area contributed by atoms with Crippen LogP contribution in [0.4, 0.5) is 0 Å². The molecule has 0 aliphatic carbocycles. The van der Waals surface area contributed by atoms with E-state index in [1.165, 1.54) is 11.8 Å². The van der Waals surface area contributed by atoms with Crippen molar-refractivity contribution in [3.63, 3.8) is 0 Å². The average Bonchev–Trinajstić information content (AvgIpc) is 3.14. The Balaban J connectivity index is 1.65. The van der Waals surface area contributed by atoms with Crippen LogP contribution in [0.5, 0.6) is 0 Å². The highest BCUT2D eigenvalue weighted by Gasteiger charge is 2.17. The number of ether oxygens (including phenoxy) is 1. The molecule has 1 heterocycles. The van der Waals surface area contributed by atoms with Gasteiger partial charge in [0, 0.05) is 18.8 Å². The van der Waals surface area contributed by atoms with Crippen molar-refractivity contribution in [1.82, 2.24) is 9.88 Å². The number of nitrogens with zero attached hydrogens (tertiary/aromatic N) is 2. The molecule has 6 nitrogen and oxygen atoms in total. The first kappa shape index (κ1) is 19.9. The van der Waals surface area contributed by atoms with Crippen LogP contribution in [0.1, 0.15) is 29.8 Å². The summed E-state index contributed by atoms with van der Waals surface area (Å²) >= 11 is 1.41. The van der Waals surface area contributed by atoms with Gasteiger partial charge in [-0.25, -0.2) is 9.78 Å². The van der Waals surface area contributed by atoms with Gasteiger partial charge in [-0.3, -0.25) is 4.79 Å². The predicted octanol–water partition coefficient (Wildman–Crippen LogP) is 4.15. The fraction of sp³-hybridized carbons (Fsp3) is 0.286. The van der Waals surface area contributed by atoms with Gasteiger partial charge in [0.05, 0.1) is 5.56 Å². The fourth-order valence-corrected chi connectivity index (χ4v) is 3.61. The first-order valence-electron chi connectivity index (χ1n) is 9.13. The van der Waals surface area contributed by atoms with E-state index < -0.39 is 5.97 Å². The lowest BCUT2D eigenvalue weighted by Gasteiger charge is -2.18. The van der Waals surface area contributed by atoms with Crippen molar-refractivity contribution in [3.05, 3.63) is 59.7 Å². The monoisotopic (exact) mass is 398 g/mol. The van der Waals surface area contributed by atoms with Crippen LogP contribution in [-0.2, 0) is 15.3 Å². The number of hydrogen-bond acceptors (Lipinski definition) is 6. The number of aromatic nitrogens is 1. The summed E-state index contributed by atoms with van der Waals surface area (Å²) in [5.74, 6) is -0.201. The van der Waals surface area contributed by atoms with Crippen LogP contribution in [0.3, 0.4) is 0 Å². The summed E-state index contributed by atoms with van der Waals surface area (Å²) in [6.45, 7) is 4.70. The van der Waals surface area contributed by atoms with Crippen molar-refractivity contribution < 1.29 is 18.7 Å². The molecule has 0 fully saturated rings. The first-order chi connectivity index (χ1) is 13.6. The first-order valence-corrected chi connectivity index (χ1v) is 10.1. The van der Waals surface area contributed by atoms with Crippen LogP contribution in [0.2, 0.25) is 0 Å². The molecule has 3 rings (SSSR count). The van der Waals surface area contributed by atoms with E-state index in [9.17, 15) is 9.59 Å². The second-order valence-electron chi connectivity index (χ2n) is 6.04. The van der Waals surface area contributed by atoms with E-state index in [-0.39, 0.29) is 12.5 Å². The lowest BCUT2D eigenvalue weighted by atomic mass is 10.1. The van der Waals surface area contributed by atoms with Crippen LogP contribution >= 0.6 is 11.8 Å². The zero-order valence-electron chi connectivity index (χ0n) is 15.9. The van der Waals surface area contributed by atoms with E-state index in [2.05, 4.69) is 4.98 Å². The van der Waals surface area contributed by atoms with E-state index in [0.29, 0.717) is 29.6 Å². The molecule has 7 heteroatoms. The van der Waals surface area contributed by atoms with Crippen LogP contribution < -0.4 is 0 Å². The second-order valence-corrected chi connectivity index (χ2v) is 6.96. The number of thioether (sulfide) groups is 1. The molecular formula is C21H22N2O4S.